The number of hydrogen-bond donors (Lipinski definition) is 4. The van der Waals surface area contributed by atoms with Crippen molar-refractivity contribution in [3.8, 4) is 0 Å². The highest BCUT2D eigenvalue weighted by molar-refractivity contribution is 5.85. The molecule has 0 aromatic carbocycles. The van der Waals surface area contributed by atoms with Gasteiger partial charge in [-0.25, -0.2) is 0 Å². The van der Waals surface area contributed by atoms with Gasteiger partial charge in [0.1, 0.15) is 0 Å². The van der Waals surface area contributed by atoms with Gasteiger partial charge >= 0.3 is 11.9 Å². The van der Waals surface area contributed by atoms with Crippen molar-refractivity contribution < 1.29 is 29.4 Å². The van der Waals surface area contributed by atoms with Crippen LogP contribution in [0.1, 0.15) is 116 Å². The molecule has 0 aromatic heterocycles. The Labute approximate surface area is 216 Å². The van der Waals surface area contributed by atoms with Crippen molar-refractivity contribution in [1.29, 1.82) is 0 Å². The Bertz CT molecular complexity index is 640. The van der Waals surface area contributed by atoms with Gasteiger partial charge in [0.2, 0.25) is 11.8 Å². The Hall–Kier alpha value is -2.12. The van der Waals surface area contributed by atoms with E-state index in [4.69, 9.17) is 0 Å². The van der Waals surface area contributed by atoms with Gasteiger partial charge in [0.15, 0.2) is 0 Å². The van der Waals surface area contributed by atoms with E-state index in [2.05, 4.69) is 10.6 Å². The van der Waals surface area contributed by atoms with Gasteiger partial charge in [-0.15, -0.1) is 0 Å². The van der Waals surface area contributed by atoms with Gasteiger partial charge in [0.25, 0.3) is 0 Å². The second-order valence-electron chi connectivity index (χ2n) is 10.8. The van der Waals surface area contributed by atoms with E-state index in [0.717, 1.165) is 64.2 Å². The Kier molecular flexibility index (Phi) is 14.5. The highest BCUT2D eigenvalue weighted by atomic mass is 16.4. The maximum atomic E-state index is 12.3. The van der Waals surface area contributed by atoms with Crippen molar-refractivity contribution in [3.63, 3.8) is 0 Å². The summed E-state index contributed by atoms with van der Waals surface area (Å²) < 4.78 is 0. The third-order valence-electron chi connectivity index (χ3n) is 8.04. The molecule has 0 saturated heterocycles. The largest absolute Gasteiger partial charge is 0.481 e. The van der Waals surface area contributed by atoms with E-state index in [0.29, 0.717) is 38.8 Å². The minimum absolute atomic E-state index is 0.0832. The lowest BCUT2D eigenvalue weighted by atomic mass is 9.78. The van der Waals surface area contributed by atoms with E-state index in [1.807, 2.05) is 0 Å². The van der Waals surface area contributed by atoms with E-state index in [1.54, 1.807) is 0 Å². The summed E-state index contributed by atoms with van der Waals surface area (Å²) in [6.45, 7) is 1.27. The Morgan fingerprint density at radius 1 is 0.472 bits per heavy atom. The smallest absolute Gasteiger partial charge is 0.307 e. The number of carbonyl (C=O) groups is 4. The van der Waals surface area contributed by atoms with Crippen molar-refractivity contribution >= 4 is 23.8 Å². The summed E-state index contributed by atoms with van der Waals surface area (Å²) >= 11 is 0. The second-order valence-corrected chi connectivity index (χ2v) is 10.8. The first-order valence-electron chi connectivity index (χ1n) is 14.4. The molecule has 8 heteroatoms. The lowest BCUT2D eigenvalue weighted by molar-refractivity contribution is -0.149. The van der Waals surface area contributed by atoms with Crippen LogP contribution in [0.2, 0.25) is 0 Å². The average molecular weight is 509 g/mol. The number of nitrogens with one attached hydrogen (secondary N) is 2. The number of unbranched alkanes of at least 4 members (excludes halogenated alkanes) is 9. The highest BCUT2D eigenvalue weighted by Crippen LogP contribution is 2.31. The molecule has 206 valence electrons. The Morgan fingerprint density at radius 3 is 1.06 bits per heavy atom. The van der Waals surface area contributed by atoms with Crippen molar-refractivity contribution in [1.82, 2.24) is 10.6 Å². The molecule has 2 saturated carbocycles. The van der Waals surface area contributed by atoms with Crippen molar-refractivity contribution in [2.24, 2.45) is 23.7 Å². The molecule has 2 rings (SSSR count). The summed E-state index contributed by atoms with van der Waals surface area (Å²) in [5.41, 5.74) is 0. The van der Waals surface area contributed by atoms with Gasteiger partial charge in [-0.3, -0.25) is 19.2 Å². The molecule has 2 fully saturated rings. The fraction of sp³-hybridized carbons (Fsp3) is 0.857. The van der Waals surface area contributed by atoms with Crippen LogP contribution in [-0.4, -0.2) is 47.1 Å². The molecule has 4 unspecified atom stereocenters. The highest BCUT2D eigenvalue weighted by Gasteiger charge is 2.36. The lowest BCUT2D eigenvalue weighted by Gasteiger charge is -2.27. The first kappa shape index (κ1) is 30.1. The molecule has 0 bridgehead atoms. The summed E-state index contributed by atoms with van der Waals surface area (Å²) in [6.07, 6.45) is 17.4. The molecule has 0 heterocycles. The van der Waals surface area contributed by atoms with Crippen LogP contribution in [0.5, 0.6) is 0 Å². The third kappa shape index (κ3) is 10.9. The van der Waals surface area contributed by atoms with Crippen molar-refractivity contribution in [2.45, 2.75) is 116 Å². The van der Waals surface area contributed by atoms with E-state index in [1.165, 1.54) is 25.7 Å². The van der Waals surface area contributed by atoms with E-state index >= 15 is 0 Å². The Morgan fingerprint density at radius 2 is 0.750 bits per heavy atom. The SMILES string of the molecule is O=C(O)C1CCCCC1C(=O)NCCCCCCCCCCCCNC(=O)C1CCCCC1C(=O)O. The number of rotatable bonds is 17. The molecule has 4 N–H and O–H groups in total. The van der Waals surface area contributed by atoms with Crippen molar-refractivity contribution in [2.75, 3.05) is 13.1 Å². The predicted octanol–water partition coefficient (Wildman–Crippen LogP) is 4.90. The lowest BCUT2D eigenvalue weighted by Crippen LogP contribution is -2.40. The van der Waals surface area contributed by atoms with Crippen LogP contribution >= 0.6 is 0 Å². The van der Waals surface area contributed by atoms with Crippen LogP contribution < -0.4 is 10.6 Å². The number of hydrogen-bond acceptors (Lipinski definition) is 4. The quantitative estimate of drug-likeness (QED) is 0.207. The molecule has 2 aliphatic rings. The van der Waals surface area contributed by atoms with E-state index in [-0.39, 0.29) is 23.7 Å². The molecule has 36 heavy (non-hydrogen) atoms. The fourth-order valence-corrected chi connectivity index (χ4v) is 5.83. The maximum Gasteiger partial charge on any atom is 0.307 e. The molecule has 4 atom stereocenters. The Balaban J connectivity index is 1.38. The van der Waals surface area contributed by atoms with Crippen LogP contribution in [0.4, 0.5) is 0 Å². The van der Waals surface area contributed by atoms with Gasteiger partial charge in [0, 0.05) is 13.1 Å². The number of amides is 2. The van der Waals surface area contributed by atoms with Gasteiger partial charge < -0.3 is 20.8 Å². The standard InChI is InChI=1S/C28H48N2O6/c31-25(21-15-9-11-17-23(21)27(33)34)29-19-13-7-5-3-1-2-4-6-8-14-20-30-26(32)22-16-10-12-18-24(22)28(35)36/h21-24H,1-20H2,(H,29,31)(H,30,32)(H,33,34)(H,35,36). The van der Waals surface area contributed by atoms with Gasteiger partial charge in [-0.05, 0) is 38.5 Å². The monoisotopic (exact) mass is 508 g/mol. The zero-order valence-electron chi connectivity index (χ0n) is 22.0. The molecular formula is C28H48N2O6. The third-order valence-corrected chi connectivity index (χ3v) is 8.04. The van der Waals surface area contributed by atoms with Crippen molar-refractivity contribution in [3.05, 3.63) is 0 Å². The number of carboxylic acid groups (broad SMARTS) is 2. The molecular weight excluding hydrogens is 460 g/mol. The van der Waals surface area contributed by atoms with E-state index < -0.39 is 23.8 Å². The molecule has 2 aliphatic carbocycles. The predicted molar refractivity (Wildman–Crippen MR) is 138 cm³/mol. The zero-order chi connectivity index (χ0) is 26.2. The molecule has 0 aromatic rings. The summed E-state index contributed by atoms with van der Waals surface area (Å²) in [7, 11) is 0. The number of carbonyl (C=O) groups excluding carboxylic acids is 2. The number of carboxylic acids is 2. The van der Waals surface area contributed by atoms with Gasteiger partial charge in [0.05, 0.1) is 23.7 Å². The average Bonchev–Trinajstić information content (AvgIpc) is 2.88. The van der Waals surface area contributed by atoms with Gasteiger partial charge in [-0.1, -0.05) is 77.0 Å². The van der Waals surface area contributed by atoms with E-state index in [9.17, 15) is 29.4 Å². The first-order chi connectivity index (χ1) is 17.4. The van der Waals surface area contributed by atoms with Crippen LogP contribution in [0, 0.1) is 23.7 Å². The summed E-state index contributed by atoms with van der Waals surface area (Å²) in [4.78, 5) is 47.4. The number of aliphatic carboxylic acids is 2. The normalized spacial score (nSPS) is 24.1. The van der Waals surface area contributed by atoms with Crippen LogP contribution in [0.3, 0.4) is 0 Å². The molecule has 0 spiro atoms. The zero-order valence-corrected chi connectivity index (χ0v) is 22.0. The fourth-order valence-electron chi connectivity index (χ4n) is 5.83. The second kappa shape index (κ2) is 17.4. The van der Waals surface area contributed by atoms with Crippen LogP contribution in [0.25, 0.3) is 0 Å². The minimum Gasteiger partial charge on any atom is -0.481 e. The molecule has 8 nitrogen and oxygen atoms in total. The van der Waals surface area contributed by atoms with Gasteiger partial charge in [-0.2, -0.15) is 0 Å². The summed E-state index contributed by atoms with van der Waals surface area (Å²) in [5, 5.41) is 24.5. The summed E-state index contributed by atoms with van der Waals surface area (Å²) in [5.74, 6) is -3.63. The first-order valence-corrected chi connectivity index (χ1v) is 14.4. The maximum absolute atomic E-state index is 12.3. The molecule has 0 aliphatic heterocycles. The summed E-state index contributed by atoms with van der Waals surface area (Å²) in [6, 6.07) is 0. The van der Waals surface area contributed by atoms with Crippen LogP contribution in [0.15, 0.2) is 0 Å². The minimum atomic E-state index is -0.841. The topological polar surface area (TPSA) is 133 Å². The molecule has 0 radical (unpaired) electrons. The molecule has 2 amide bonds. The van der Waals surface area contributed by atoms with Crippen LogP contribution in [-0.2, 0) is 19.2 Å².